The normalized spacial score (nSPS) is 20.1. The number of amides is 2. The van der Waals surface area contributed by atoms with E-state index in [2.05, 4.69) is 5.32 Å². The number of urea groups is 1. The second kappa shape index (κ2) is 9.54. The van der Waals surface area contributed by atoms with E-state index in [9.17, 15) is 4.79 Å². The minimum absolute atomic E-state index is 0.186. The van der Waals surface area contributed by atoms with Crippen molar-refractivity contribution in [2.24, 2.45) is 0 Å². The summed E-state index contributed by atoms with van der Waals surface area (Å²) in [5.41, 5.74) is 3.45. The number of nitrogens with one attached hydrogen (secondary N) is 1. The Balaban J connectivity index is 1.72. The molecule has 0 spiro atoms. The maximum absolute atomic E-state index is 13.3. The first-order valence-corrected chi connectivity index (χ1v) is 12.0. The maximum atomic E-state index is 13.3. The van der Waals surface area contributed by atoms with Gasteiger partial charge in [-0.05, 0) is 30.5 Å². The van der Waals surface area contributed by atoms with Crippen LogP contribution in [0.1, 0.15) is 41.3 Å². The lowest BCUT2D eigenvalue weighted by Gasteiger charge is -2.42. The fourth-order valence-corrected chi connectivity index (χ4v) is 5.63. The van der Waals surface area contributed by atoms with Gasteiger partial charge in [0.05, 0.1) is 39.0 Å². The summed E-state index contributed by atoms with van der Waals surface area (Å²) < 4.78 is 35.2. The molecule has 10 heteroatoms. The molecule has 3 aliphatic rings. The third-order valence-electron chi connectivity index (χ3n) is 6.74. The SMILES string of the molecule is CCNC(=O)N1CCc2c(Cl)c3c(c(OC)c2[C@@H]1[C@H]1OCc2c1ccc(OC)c2OC)OCCO3. The van der Waals surface area contributed by atoms with Gasteiger partial charge in [-0.1, -0.05) is 17.7 Å². The monoisotopic (exact) mass is 504 g/mol. The fourth-order valence-electron chi connectivity index (χ4n) is 5.29. The van der Waals surface area contributed by atoms with E-state index >= 15 is 0 Å². The van der Waals surface area contributed by atoms with E-state index in [-0.39, 0.29) is 6.03 Å². The second-order valence-corrected chi connectivity index (χ2v) is 8.80. The summed E-state index contributed by atoms with van der Waals surface area (Å²) in [6, 6.07) is 3.11. The summed E-state index contributed by atoms with van der Waals surface area (Å²) in [6.45, 7) is 3.95. The number of ether oxygens (including phenoxy) is 6. The molecule has 3 aliphatic heterocycles. The molecule has 2 atom stereocenters. The van der Waals surface area contributed by atoms with Crippen molar-refractivity contribution < 1.29 is 33.2 Å². The molecule has 0 saturated carbocycles. The van der Waals surface area contributed by atoms with Crippen molar-refractivity contribution in [1.29, 1.82) is 0 Å². The van der Waals surface area contributed by atoms with Gasteiger partial charge < -0.3 is 38.6 Å². The average molecular weight is 505 g/mol. The Labute approximate surface area is 209 Å². The summed E-state index contributed by atoms with van der Waals surface area (Å²) in [6.07, 6.45) is 0.0549. The minimum atomic E-state index is -0.520. The first-order valence-electron chi connectivity index (χ1n) is 11.6. The Bertz CT molecular complexity index is 1160. The largest absolute Gasteiger partial charge is 0.493 e. The maximum Gasteiger partial charge on any atom is 0.318 e. The number of carbonyl (C=O) groups excluding carboxylic acids is 1. The lowest BCUT2D eigenvalue weighted by molar-refractivity contribution is -0.000424. The lowest BCUT2D eigenvalue weighted by Crippen LogP contribution is -2.47. The van der Waals surface area contributed by atoms with Crippen LogP contribution >= 0.6 is 11.6 Å². The van der Waals surface area contributed by atoms with Gasteiger partial charge in [-0.15, -0.1) is 0 Å². The number of hydrogen-bond acceptors (Lipinski definition) is 7. The lowest BCUT2D eigenvalue weighted by atomic mass is 9.85. The zero-order chi connectivity index (χ0) is 24.7. The van der Waals surface area contributed by atoms with Crippen molar-refractivity contribution in [1.82, 2.24) is 10.2 Å². The highest BCUT2D eigenvalue weighted by Gasteiger charge is 2.46. The number of methoxy groups -OCH3 is 3. The molecule has 2 aromatic rings. The molecule has 1 N–H and O–H groups in total. The van der Waals surface area contributed by atoms with E-state index in [4.69, 9.17) is 40.0 Å². The van der Waals surface area contributed by atoms with Gasteiger partial charge >= 0.3 is 6.03 Å². The standard InChI is InChI=1S/C25H29ClN2O7/c1-5-27-25(29)28-9-8-14-17(22(32-4)24-23(18(14)26)33-10-11-34-24)19(28)21-13-6-7-16(30-2)20(31-3)15(13)12-35-21/h6-7,19,21H,5,8-12H2,1-4H3,(H,27,29)/t19-,21+/m1/s1. The Kier molecular flexibility index (Phi) is 6.46. The predicted octanol–water partition coefficient (Wildman–Crippen LogP) is 4.04. The number of rotatable bonds is 5. The van der Waals surface area contributed by atoms with Gasteiger partial charge in [-0.3, -0.25) is 0 Å². The molecule has 0 unspecified atom stereocenters. The molecule has 0 aliphatic carbocycles. The summed E-state index contributed by atoms with van der Waals surface area (Å²) in [5.74, 6) is 2.70. The quantitative estimate of drug-likeness (QED) is 0.657. The van der Waals surface area contributed by atoms with Gasteiger partial charge in [-0.25, -0.2) is 4.79 Å². The van der Waals surface area contributed by atoms with Gasteiger partial charge in [0.1, 0.15) is 19.3 Å². The molecular formula is C25H29ClN2O7. The Morgan fingerprint density at radius 3 is 2.51 bits per heavy atom. The van der Waals surface area contributed by atoms with Crippen molar-refractivity contribution in [2.45, 2.75) is 32.1 Å². The molecular weight excluding hydrogens is 476 g/mol. The summed E-state index contributed by atoms with van der Waals surface area (Å²) in [5, 5.41) is 3.42. The molecule has 2 amide bonds. The van der Waals surface area contributed by atoms with Gasteiger partial charge in [0.15, 0.2) is 23.0 Å². The first kappa shape index (κ1) is 23.7. The molecule has 0 bridgehead atoms. The number of halogens is 1. The van der Waals surface area contributed by atoms with Crippen molar-refractivity contribution >= 4 is 17.6 Å². The Morgan fingerprint density at radius 1 is 1.09 bits per heavy atom. The Morgan fingerprint density at radius 2 is 1.83 bits per heavy atom. The molecule has 0 saturated heterocycles. The van der Waals surface area contributed by atoms with Crippen LogP contribution in [0.2, 0.25) is 5.02 Å². The van der Waals surface area contributed by atoms with Crippen LogP contribution in [-0.4, -0.2) is 58.6 Å². The van der Waals surface area contributed by atoms with Crippen LogP contribution in [0, 0.1) is 0 Å². The van der Waals surface area contributed by atoms with E-state index in [1.807, 2.05) is 19.1 Å². The van der Waals surface area contributed by atoms with E-state index in [0.717, 1.165) is 22.3 Å². The van der Waals surface area contributed by atoms with Crippen LogP contribution in [0.5, 0.6) is 28.7 Å². The van der Waals surface area contributed by atoms with Crippen molar-refractivity contribution in [3.8, 4) is 28.7 Å². The number of nitrogens with zero attached hydrogens (tertiary/aromatic N) is 1. The van der Waals surface area contributed by atoms with Crippen LogP contribution in [0.3, 0.4) is 0 Å². The topological polar surface area (TPSA) is 87.7 Å². The highest BCUT2D eigenvalue weighted by molar-refractivity contribution is 6.33. The van der Waals surface area contributed by atoms with E-state index in [1.165, 1.54) is 0 Å². The van der Waals surface area contributed by atoms with E-state index < -0.39 is 12.1 Å². The smallest absolute Gasteiger partial charge is 0.318 e. The number of carbonyl (C=O) groups is 1. The highest BCUT2D eigenvalue weighted by atomic mass is 35.5. The van der Waals surface area contributed by atoms with Crippen LogP contribution < -0.4 is 29.0 Å². The zero-order valence-corrected chi connectivity index (χ0v) is 21.0. The molecule has 5 rings (SSSR count). The molecule has 0 fully saturated rings. The molecule has 2 aromatic carbocycles. The van der Waals surface area contributed by atoms with E-state index in [0.29, 0.717) is 73.1 Å². The molecule has 35 heavy (non-hydrogen) atoms. The zero-order valence-electron chi connectivity index (χ0n) is 20.2. The van der Waals surface area contributed by atoms with Crippen LogP contribution in [0.25, 0.3) is 0 Å². The molecule has 3 heterocycles. The van der Waals surface area contributed by atoms with Crippen molar-refractivity contribution in [2.75, 3.05) is 47.6 Å². The number of benzene rings is 2. The molecule has 9 nitrogen and oxygen atoms in total. The van der Waals surface area contributed by atoms with Crippen LogP contribution in [0.15, 0.2) is 12.1 Å². The summed E-state index contributed by atoms with van der Waals surface area (Å²) in [7, 11) is 4.79. The van der Waals surface area contributed by atoms with Crippen LogP contribution in [-0.2, 0) is 17.8 Å². The molecule has 0 radical (unpaired) electrons. The fraction of sp³-hybridized carbons (Fsp3) is 0.480. The first-order chi connectivity index (χ1) is 17.0. The van der Waals surface area contributed by atoms with Crippen LogP contribution in [0.4, 0.5) is 4.79 Å². The van der Waals surface area contributed by atoms with Gasteiger partial charge in [0, 0.05) is 24.2 Å². The minimum Gasteiger partial charge on any atom is -0.493 e. The Hall–Kier alpha value is -3.04. The van der Waals surface area contributed by atoms with Gasteiger partial charge in [0.2, 0.25) is 5.75 Å². The van der Waals surface area contributed by atoms with Gasteiger partial charge in [0.25, 0.3) is 0 Å². The highest BCUT2D eigenvalue weighted by Crippen LogP contribution is 2.57. The molecule has 0 aromatic heterocycles. The third kappa shape index (κ3) is 3.68. The van der Waals surface area contributed by atoms with Crippen molar-refractivity contribution in [3.05, 3.63) is 39.4 Å². The predicted molar refractivity (Wildman–Crippen MR) is 128 cm³/mol. The van der Waals surface area contributed by atoms with E-state index in [1.54, 1.807) is 26.2 Å². The average Bonchev–Trinajstić information content (AvgIpc) is 3.31. The number of fused-ring (bicyclic) bond motifs is 3. The van der Waals surface area contributed by atoms with Gasteiger partial charge in [-0.2, -0.15) is 0 Å². The number of hydrogen-bond donors (Lipinski definition) is 1. The summed E-state index contributed by atoms with van der Waals surface area (Å²) in [4.78, 5) is 15.1. The second-order valence-electron chi connectivity index (χ2n) is 8.42. The van der Waals surface area contributed by atoms with Crippen molar-refractivity contribution in [3.63, 3.8) is 0 Å². The molecule has 188 valence electrons. The third-order valence-corrected chi connectivity index (χ3v) is 7.13. The summed E-state index contributed by atoms with van der Waals surface area (Å²) >= 11 is 6.86.